The monoisotopic (exact) mass is 260 g/mol. The third kappa shape index (κ3) is 3.49. The molecule has 1 fully saturated rings. The van der Waals surface area contributed by atoms with E-state index in [-0.39, 0.29) is 0 Å². The molecule has 0 atom stereocenters. The van der Waals surface area contributed by atoms with Crippen LogP contribution in [-0.2, 0) is 0 Å². The van der Waals surface area contributed by atoms with Crippen molar-refractivity contribution in [3.05, 3.63) is 23.9 Å². The second-order valence-corrected chi connectivity index (χ2v) is 6.48. The molecule has 106 valence electrons. The van der Waals surface area contributed by atoms with E-state index in [9.17, 15) is 0 Å². The van der Waals surface area contributed by atoms with Crippen LogP contribution >= 0.6 is 0 Å². The summed E-state index contributed by atoms with van der Waals surface area (Å²) in [4.78, 5) is 7.41. The number of pyridine rings is 1. The molecule has 2 heteroatoms. The highest BCUT2D eigenvalue weighted by Crippen LogP contribution is 2.31. The van der Waals surface area contributed by atoms with Crippen molar-refractivity contribution in [1.82, 2.24) is 4.98 Å². The number of nitrogens with zero attached hydrogens (tertiary/aromatic N) is 2. The molecule has 2 heterocycles. The van der Waals surface area contributed by atoms with E-state index >= 15 is 0 Å². The second kappa shape index (κ2) is 6.40. The van der Waals surface area contributed by atoms with Crippen LogP contribution in [0.1, 0.15) is 58.6 Å². The zero-order chi connectivity index (χ0) is 13.8. The first-order chi connectivity index (χ1) is 9.09. The molecule has 0 N–H and O–H groups in total. The van der Waals surface area contributed by atoms with Crippen LogP contribution in [0.3, 0.4) is 0 Å². The van der Waals surface area contributed by atoms with Crippen molar-refractivity contribution in [3.63, 3.8) is 0 Å². The highest BCUT2D eigenvalue weighted by Gasteiger charge is 2.22. The highest BCUT2D eigenvalue weighted by molar-refractivity contribution is 5.40. The molecule has 0 amide bonds. The topological polar surface area (TPSA) is 16.1 Å². The fourth-order valence-corrected chi connectivity index (χ4v) is 3.38. The van der Waals surface area contributed by atoms with Crippen molar-refractivity contribution in [2.75, 3.05) is 18.0 Å². The summed E-state index contributed by atoms with van der Waals surface area (Å²) >= 11 is 0. The predicted octanol–water partition coefficient (Wildman–Crippen LogP) is 4.47. The predicted molar refractivity (Wildman–Crippen MR) is 82.7 cm³/mol. The molecule has 1 aromatic heterocycles. The first-order valence-corrected chi connectivity index (χ1v) is 7.81. The first-order valence-electron chi connectivity index (χ1n) is 7.81. The molecule has 1 aromatic rings. The fourth-order valence-electron chi connectivity index (χ4n) is 3.38. The average molecular weight is 260 g/mol. The van der Waals surface area contributed by atoms with Crippen LogP contribution in [0.4, 0.5) is 5.82 Å². The smallest absolute Gasteiger partial charge is 0.128 e. The number of aromatic nitrogens is 1. The maximum Gasteiger partial charge on any atom is 0.128 e. The minimum Gasteiger partial charge on any atom is -0.357 e. The summed E-state index contributed by atoms with van der Waals surface area (Å²) in [5.74, 6) is 3.03. The van der Waals surface area contributed by atoms with Gasteiger partial charge in [0.1, 0.15) is 5.82 Å². The van der Waals surface area contributed by atoms with Crippen LogP contribution in [0.25, 0.3) is 0 Å². The van der Waals surface area contributed by atoms with Crippen LogP contribution < -0.4 is 4.90 Å². The van der Waals surface area contributed by atoms with Gasteiger partial charge in [0.05, 0.1) is 0 Å². The van der Waals surface area contributed by atoms with Gasteiger partial charge >= 0.3 is 0 Å². The van der Waals surface area contributed by atoms with E-state index in [2.05, 4.69) is 50.8 Å². The molecular formula is C17H28N2. The summed E-state index contributed by atoms with van der Waals surface area (Å²) < 4.78 is 0. The van der Waals surface area contributed by atoms with Crippen LogP contribution in [-0.4, -0.2) is 18.1 Å². The van der Waals surface area contributed by atoms with Gasteiger partial charge in [0.15, 0.2) is 0 Å². The lowest BCUT2D eigenvalue weighted by Gasteiger charge is -2.30. The van der Waals surface area contributed by atoms with E-state index in [4.69, 9.17) is 4.98 Å². The van der Waals surface area contributed by atoms with Crippen LogP contribution in [0.2, 0.25) is 0 Å². The van der Waals surface area contributed by atoms with Crippen molar-refractivity contribution >= 4 is 5.82 Å². The van der Waals surface area contributed by atoms with Crippen LogP contribution in [0.5, 0.6) is 0 Å². The van der Waals surface area contributed by atoms with Crippen molar-refractivity contribution in [2.24, 2.45) is 11.8 Å². The molecule has 0 radical (unpaired) electrons. The molecule has 0 saturated carbocycles. The average Bonchev–Trinajstić information content (AvgIpc) is 2.39. The van der Waals surface area contributed by atoms with E-state index in [0.29, 0.717) is 17.8 Å². The Kier molecular flexibility index (Phi) is 4.84. The van der Waals surface area contributed by atoms with Gasteiger partial charge in [-0.1, -0.05) is 33.8 Å². The van der Waals surface area contributed by atoms with Gasteiger partial charge in [0.2, 0.25) is 0 Å². The molecular weight excluding hydrogens is 232 g/mol. The molecule has 0 bridgehead atoms. The van der Waals surface area contributed by atoms with Gasteiger partial charge in [-0.2, -0.15) is 0 Å². The van der Waals surface area contributed by atoms with Crippen LogP contribution in [0, 0.1) is 11.8 Å². The second-order valence-electron chi connectivity index (χ2n) is 6.48. The zero-order valence-corrected chi connectivity index (χ0v) is 12.9. The fraction of sp³-hybridized carbons (Fsp3) is 0.706. The van der Waals surface area contributed by atoms with Crippen molar-refractivity contribution in [3.8, 4) is 0 Å². The van der Waals surface area contributed by atoms with Gasteiger partial charge in [-0.3, -0.25) is 0 Å². The largest absolute Gasteiger partial charge is 0.357 e. The summed E-state index contributed by atoms with van der Waals surface area (Å²) in [6, 6.07) is 6.56. The minimum atomic E-state index is 0.560. The van der Waals surface area contributed by atoms with Gasteiger partial charge in [0.25, 0.3) is 0 Å². The molecule has 0 aliphatic carbocycles. The van der Waals surface area contributed by atoms with E-state index in [1.165, 1.54) is 43.9 Å². The van der Waals surface area contributed by atoms with E-state index in [1.54, 1.807) is 0 Å². The maximum atomic E-state index is 4.97. The highest BCUT2D eigenvalue weighted by atomic mass is 15.2. The standard InChI is InChI=1S/C17H28N2/c1-13(2)17(14(3)4)15-9-8-10-16(18-15)19-11-6-5-7-12-19/h8-10,13-14,17H,5-7,11-12H2,1-4H3. The van der Waals surface area contributed by atoms with Crippen molar-refractivity contribution < 1.29 is 0 Å². The van der Waals surface area contributed by atoms with Crippen molar-refractivity contribution in [1.29, 1.82) is 0 Å². The van der Waals surface area contributed by atoms with Gasteiger partial charge in [-0.25, -0.2) is 4.98 Å². The summed E-state index contributed by atoms with van der Waals surface area (Å²) in [7, 11) is 0. The van der Waals surface area contributed by atoms with Gasteiger partial charge in [-0.15, -0.1) is 0 Å². The summed E-state index contributed by atoms with van der Waals surface area (Å²) in [6.45, 7) is 11.6. The Labute approximate surface area is 118 Å². The quantitative estimate of drug-likeness (QED) is 0.794. The maximum absolute atomic E-state index is 4.97. The molecule has 0 aromatic carbocycles. The lowest BCUT2D eigenvalue weighted by Crippen LogP contribution is -2.30. The molecule has 1 aliphatic rings. The first kappa shape index (κ1) is 14.4. The van der Waals surface area contributed by atoms with E-state index < -0.39 is 0 Å². The summed E-state index contributed by atoms with van der Waals surface area (Å²) in [5, 5.41) is 0. The third-order valence-electron chi connectivity index (χ3n) is 4.21. The normalized spacial score (nSPS) is 16.7. The molecule has 2 nitrogen and oxygen atoms in total. The lowest BCUT2D eigenvalue weighted by molar-refractivity contribution is 0.380. The number of hydrogen-bond acceptors (Lipinski definition) is 2. The number of piperidine rings is 1. The Hall–Kier alpha value is -1.05. The Morgan fingerprint density at radius 3 is 2.16 bits per heavy atom. The molecule has 1 saturated heterocycles. The Morgan fingerprint density at radius 2 is 1.58 bits per heavy atom. The Bertz CT molecular complexity index is 384. The summed E-state index contributed by atoms with van der Waals surface area (Å²) in [6.07, 6.45) is 3.99. The number of rotatable bonds is 4. The minimum absolute atomic E-state index is 0.560. The van der Waals surface area contributed by atoms with Gasteiger partial charge in [0, 0.05) is 24.7 Å². The van der Waals surface area contributed by atoms with E-state index in [0.717, 1.165) is 0 Å². The summed E-state index contributed by atoms with van der Waals surface area (Å²) in [5.41, 5.74) is 1.27. The van der Waals surface area contributed by atoms with E-state index in [1.807, 2.05) is 0 Å². The lowest BCUT2D eigenvalue weighted by atomic mass is 9.83. The van der Waals surface area contributed by atoms with Crippen LogP contribution in [0.15, 0.2) is 18.2 Å². The third-order valence-corrected chi connectivity index (χ3v) is 4.21. The zero-order valence-electron chi connectivity index (χ0n) is 12.9. The van der Waals surface area contributed by atoms with Gasteiger partial charge in [-0.05, 0) is 43.2 Å². The Morgan fingerprint density at radius 1 is 0.947 bits per heavy atom. The SMILES string of the molecule is CC(C)C(c1cccc(N2CCCCC2)n1)C(C)C. The number of hydrogen-bond donors (Lipinski definition) is 0. The molecule has 0 unspecified atom stereocenters. The molecule has 19 heavy (non-hydrogen) atoms. The molecule has 2 rings (SSSR count). The number of anilines is 1. The van der Waals surface area contributed by atoms with Crippen molar-refractivity contribution in [2.45, 2.75) is 52.9 Å². The van der Waals surface area contributed by atoms with Gasteiger partial charge < -0.3 is 4.90 Å². The Balaban J connectivity index is 2.22. The molecule has 1 aliphatic heterocycles. The molecule has 0 spiro atoms.